The first-order valence-corrected chi connectivity index (χ1v) is 8.48. The SMILES string of the molecule is CC1(CNC(=O)c2nnn(-c3ccccc3F)c2C(F)(F)F)CCNCC1.Cl. The van der Waals surface area contributed by atoms with E-state index < -0.39 is 35.0 Å². The van der Waals surface area contributed by atoms with Gasteiger partial charge in [0.25, 0.3) is 5.91 Å². The average molecular weight is 422 g/mol. The molecule has 0 bridgehead atoms. The van der Waals surface area contributed by atoms with Crippen molar-refractivity contribution in [3.63, 3.8) is 0 Å². The first-order valence-electron chi connectivity index (χ1n) is 8.48. The number of nitrogens with zero attached hydrogens (tertiary/aromatic N) is 3. The van der Waals surface area contributed by atoms with Gasteiger partial charge in [0.2, 0.25) is 0 Å². The van der Waals surface area contributed by atoms with Crippen molar-refractivity contribution in [2.45, 2.75) is 25.9 Å². The van der Waals surface area contributed by atoms with Crippen LogP contribution in [-0.4, -0.2) is 40.5 Å². The fraction of sp³-hybridized carbons (Fsp3) is 0.471. The van der Waals surface area contributed by atoms with Crippen LogP contribution in [0.3, 0.4) is 0 Å². The van der Waals surface area contributed by atoms with Crippen LogP contribution in [0.4, 0.5) is 17.6 Å². The van der Waals surface area contributed by atoms with Gasteiger partial charge in [-0.2, -0.15) is 13.2 Å². The Bertz CT molecular complexity index is 833. The van der Waals surface area contributed by atoms with Crippen molar-refractivity contribution in [3.8, 4) is 5.69 Å². The smallest absolute Gasteiger partial charge is 0.350 e. The third kappa shape index (κ3) is 4.61. The number of hydrogen-bond acceptors (Lipinski definition) is 4. The summed E-state index contributed by atoms with van der Waals surface area (Å²) < 4.78 is 55.0. The second-order valence-corrected chi connectivity index (χ2v) is 6.89. The molecular weight excluding hydrogens is 402 g/mol. The number of piperidine rings is 1. The van der Waals surface area contributed by atoms with Crippen LogP contribution in [0.2, 0.25) is 0 Å². The highest BCUT2D eigenvalue weighted by Crippen LogP contribution is 2.33. The molecule has 2 heterocycles. The Morgan fingerprint density at radius 1 is 1.29 bits per heavy atom. The third-order valence-corrected chi connectivity index (χ3v) is 4.72. The monoisotopic (exact) mass is 421 g/mol. The standard InChI is InChI=1S/C17H19F4N5O.ClH/c1-16(6-8-22-9-7-16)10-23-15(27)13-14(17(19,20)21)26(25-24-13)12-5-3-2-4-11(12)18;/h2-5,22H,6-10H2,1H3,(H,23,27);1H. The summed E-state index contributed by atoms with van der Waals surface area (Å²) >= 11 is 0. The Labute approximate surface area is 165 Å². The van der Waals surface area contributed by atoms with Gasteiger partial charge < -0.3 is 10.6 Å². The van der Waals surface area contributed by atoms with Gasteiger partial charge in [-0.05, 0) is 43.5 Å². The van der Waals surface area contributed by atoms with Crippen LogP contribution < -0.4 is 10.6 Å². The summed E-state index contributed by atoms with van der Waals surface area (Å²) in [5, 5.41) is 12.5. The number of rotatable bonds is 4. The first kappa shape index (κ1) is 22.1. The van der Waals surface area contributed by atoms with Crippen molar-refractivity contribution in [2.75, 3.05) is 19.6 Å². The summed E-state index contributed by atoms with van der Waals surface area (Å²) in [4.78, 5) is 12.4. The van der Waals surface area contributed by atoms with E-state index >= 15 is 0 Å². The number of para-hydroxylation sites is 1. The van der Waals surface area contributed by atoms with Crippen LogP contribution in [0.25, 0.3) is 5.69 Å². The maximum absolute atomic E-state index is 13.9. The van der Waals surface area contributed by atoms with Crippen molar-refractivity contribution in [1.29, 1.82) is 0 Å². The Kier molecular flexibility index (Phi) is 6.66. The highest BCUT2D eigenvalue weighted by molar-refractivity contribution is 5.93. The van der Waals surface area contributed by atoms with Crippen molar-refractivity contribution < 1.29 is 22.4 Å². The fourth-order valence-electron chi connectivity index (χ4n) is 3.07. The summed E-state index contributed by atoms with van der Waals surface area (Å²) in [6.45, 7) is 3.75. The van der Waals surface area contributed by atoms with Gasteiger partial charge >= 0.3 is 6.18 Å². The van der Waals surface area contributed by atoms with Gasteiger partial charge in [-0.25, -0.2) is 9.07 Å². The second-order valence-electron chi connectivity index (χ2n) is 6.89. The number of carbonyl (C=O) groups excluding carboxylic acids is 1. The number of benzene rings is 1. The van der Waals surface area contributed by atoms with E-state index in [4.69, 9.17) is 0 Å². The number of amides is 1. The van der Waals surface area contributed by atoms with Crippen LogP contribution >= 0.6 is 12.4 Å². The molecule has 1 aromatic heterocycles. The highest BCUT2D eigenvalue weighted by Gasteiger charge is 2.42. The van der Waals surface area contributed by atoms with Gasteiger partial charge in [-0.15, -0.1) is 17.5 Å². The van der Waals surface area contributed by atoms with Crippen LogP contribution in [0.1, 0.15) is 35.9 Å². The van der Waals surface area contributed by atoms with E-state index in [2.05, 4.69) is 20.9 Å². The zero-order valence-electron chi connectivity index (χ0n) is 15.0. The van der Waals surface area contributed by atoms with Crippen molar-refractivity contribution in [3.05, 3.63) is 41.5 Å². The van der Waals surface area contributed by atoms with Crippen molar-refractivity contribution in [1.82, 2.24) is 25.6 Å². The Morgan fingerprint density at radius 3 is 2.54 bits per heavy atom. The largest absolute Gasteiger partial charge is 0.435 e. The lowest BCUT2D eigenvalue weighted by atomic mass is 9.81. The lowest BCUT2D eigenvalue weighted by Crippen LogP contribution is -2.43. The minimum Gasteiger partial charge on any atom is -0.350 e. The molecule has 0 aliphatic carbocycles. The first-order chi connectivity index (χ1) is 12.7. The summed E-state index contributed by atoms with van der Waals surface area (Å²) in [5.74, 6) is -1.88. The number of alkyl halides is 3. The number of carbonyl (C=O) groups is 1. The molecule has 0 unspecified atom stereocenters. The molecule has 11 heteroatoms. The normalized spacial score (nSPS) is 16.3. The van der Waals surface area contributed by atoms with E-state index in [1.165, 1.54) is 12.1 Å². The van der Waals surface area contributed by atoms with E-state index in [9.17, 15) is 22.4 Å². The maximum Gasteiger partial charge on any atom is 0.435 e. The van der Waals surface area contributed by atoms with Gasteiger partial charge in [-0.3, -0.25) is 4.79 Å². The van der Waals surface area contributed by atoms with Crippen molar-refractivity contribution in [2.24, 2.45) is 5.41 Å². The summed E-state index contributed by atoms with van der Waals surface area (Å²) in [7, 11) is 0. The van der Waals surface area contributed by atoms with Crippen LogP contribution in [0.5, 0.6) is 0 Å². The molecule has 154 valence electrons. The van der Waals surface area contributed by atoms with Gasteiger partial charge in [0.15, 0.2) is 11.4 Å². The molecule has 1 saturated heterocycles. The van der Waals surface area contributed by atoms with E-state index in [0.717, 1.165) is 38.1 Å². The Balaban J connectivity index is 0.00000280. The predicted octanol–water partition coefficient (Wildman–Crippen LogP) is 2.97. The van der Waals surface area contributed by atoms with Gasteiger partial charge in [-0.1, -0.05) is 24.3 Å². The zero-order valence-corrected chi connectivity index (χ0v) is 15.8. The molecule has 2 N–H and O–H groups in total. The fourth-order valence-corrected chi connectivity index (χ4v) is 3.07. The Hall–Kier alpha value is -2.20. The average Bonchev–Trinajstić information content (AvgIpc) is 3.06. The van der Waals surface area contributed by atoms with Gasteiger partial charge in [0.05, 0.1) is 0 Å². The quantitative estimate of drug-likeness (QED) is 0.744. The molecule has 0 radical (unpaired) electrons. The molecule has 28 heavy (non-hydrogen) atoms. The van der Waals surface area contributed by atoms with Gasteiger partial charge in [0.1, 0.15) is 11.5 Å². The number of hydrogen-bond donors (Lipinski definition) is 2. The lowest BCUT2D eigenvalue weighted by Gasteiger charge is -2.34. The summed E-state index contributed by atoms with van der Waals surface area (Å²) in [6, 6.07) is 4.86. The summed E-state index contributed by atoms with van der Waals surface area (Å²) in [6.07, 6.45) is -3.35. The molecule has 0 atom stereocenters. The molecule has 1 fully saturated rings. The maximum atomic E-state index is 13.9. The second kappa shape index (κ2) is 8.44. The molecule has 0 saturated carbocycles. The minimum atomic E-state index is -4.93. The molecule has 3 rings (SSSR count). The predicted molar refractivity (Wildman–Crippen MR) is 96.1 cm³/mol. The highest BCUT2D eigenvalue weighted by atomic mass is 35.5. The minimum absolute atomic E-state index is 0. The number of halogens is 5. The van der Waals surface area contributed by atoms with Crippen LogP contribution in [0.15, 0.2) is 24.3 Å². The van der Waals surface area contributed by atoms with Gasteiger partial charge in [0, 0.05) is 6.54 Å². The zero-order chi connectivity index (χ0) is 19.7. The number of nitrogens with one attached hydrogen (secondary N) is 2. The van der Waals surface area contributed by atoms with E-state index in [0.29, 0.717) is 4.68 Å². The Morgan fingerprint density at radius 2 is 1.93 bits per heavy atom. The molecular formula is C17H20ClF4N5O. The molecule has 6 nitrogen and oxygen atoms in total. The molecule has 1 aliphatic rings. The lowest BCUT2D eigenvalue weighted by molar-refractivity contribution is -0.143. The number of aromatic nitrogens is 3. The molecule has 0 spiro atoms. The van der Waals surface area contributed by atoms with E-state index in [1.807, 2.05) is 6.92 Å². The molecule has 2 aromatic rings. The van der Waals surface area contributed by atoms with E-state index in [1.54, 1.807) is 0 Å². The molecule has 1 amide bonds. The van der Waals surface area contributed by atoms with Crippen LogP contribution in [0, 0.1) is 11.2 Å². The summed E-state index contributed by atoms with van der Waals surface area (Å²) in [5.41, 5.74) is -2.91. The van der Waals surface area contributed by atoms with Crippen molar-refractivity contribution >= 4 is 18.3 Å². The molecule has 1 aromatic carbocycles. The molecule has 1 aliphatic heterocycles. The van der Waals surface area contributed by atoms with Crippen LogP contribution in [-0.2, 0) is 6.18 Å². The third-order valence-electron chi connectivity index (χ3n) is 4.72. The van der Waals surface area contributed by atoms with E-state index in [-0.39, 0.29) is 24.4 Å². The topological polar surface area (TPSA) is 71.8 Å².